The quantitative estimate of drug-likeness (QED) is 0.733. The number of ether oxygens (including phenoxy) is 1. The van der Waals surface area contributed by atoms with Gasteiger partial charge in [-0.2, -0.15) is 0 Å². The van der Waals surface area contributed by atoms with Gasteiger partial charge in [0.05, 0.1) is 7.11 Å². The first-order chi connectivity index (χ1) is 14.0. The van der Waals surface area contributed by atoms with Crippen molar-refractivity contribution in [1.82, 2.24) is 4.98 Å². The van der Waals surface area contributed by atoms with Crippen LogP contribution in [0.2, 0.25) is 5.02 Å². The van der Waals surface area contributed by atoms with Gasteiger partial charge in [0.1, 0.15) is 5.54 Å². The highest BCUT2D eigenvalue weighted by Gasteiger charge is 2.53. The SMILES string of the molecule is COc1cc([C@H]2CC[C@H]([C@@]3(C(=O)O)CCCN3c3ccc(Cl)cc3)CC2)ccn1. The number of aromatic nitrogens is 1. The van der Waals surface area contributed by atoms with E-state index in [1.165, 1.54) is 5.56 Å². The largest absolute Gasteiger partial charge is 0.481 e. The minimum absolute atomic E-state index is 0.137. The standard InChI is InChI=1S/C23H27ClN2O3/c1-29-21-15-17(11-13-25-21)16-3-5-18(6-4-16)23(22(27)28)12-2-14-26(23)20-9-7-19(24)8-10-20/h7-11,13,15-16,18H,2-6,12,14H2,1H3,(H,27,28)/t16-,18-,23-/m1/s1. The Hall–Kier alpha value is -2.27. The molecule has 1 aromatic carbocycles. The summed E-state index contributed by atoms with van der Waals surface area (Å²) in [6.45, 7) is 0.773. The number of anilines is 1. The normalized spacial score (nSPS) is 27.0. The van der Waals surface area contributed by atoms with Crippen molar-refractivity contribution in [1.29, 1.82) is 0 Å². The number of pyridine rings is 1. The molecule has 154 valence electrons. The minimum atomic E-state index is -0.825. The number of nitrogens with zero attached hydrogens (tertiary/aromatic N) is 2. The molecule has 1 atom stereocenters. The number of aliphatic carboxylic acids is 1. The maximum atomic E-state index is 12.6. The zero-order valence-electron chi connectivity index (χ0n) is 16.7. The number of carbonyl (C=O) groups is 1. The van der Waals surface area contributed by atoms with Crippen LogP contribution >= 0.6 is 11.6 Å². The van der Waals surface area contributed by atoms with Crippen LogP contribution in [0.5, 0.6) is 5.88 Å². The van der Waals surface area contributed by atoms with E-state index < -0.39 is 11.5 Å². The van der Waals surface area contributed by atoms with Gasteiger partial charge in [-0.05, 0) is 86.3 Å². The molecular weight excluding hydrogens is 388 g/mol. The lowest BCUT2D eigenvalue weighted by molar-refractivity contribution is -0.146. The second-order valence-electron chi connectivity index (χ2n) is 8.14. The van der Waals surface area contributed by atoms with E-state index in [1.54, 1.807) is 13.3 Å². The maximum Gasteiger partial charge on any atom is 0.329 e. The van der Waals surface area contributed by atoms with Crippen molar-refractivity contribution in [2.45, 2.75) is 50.0 Å². The molecule has 2 aromatic rings. The number of carboxylic acid groups (broad SMARTS) is 1. The Kier molecular flexibility index (Phi) is 5.68. The molecule has 2 aliphatic rings. The third-order valence-electron chi connectivity index (χ3n) is 6.77. The van der Waals surface area contributed by atoms with Crippen molar-refractivity contribution in [2.24, 2.45) is 5.92 Å². The van der Waals surface area contributed by atoms with Crippen LogP contribution in [0.3, 0.4) is 0 Å². The molecule has 4 rings (SSSR count). The van der Waals surface area contributed by atoms with E-state index >= 15 is 0 Å². The van der Waals surface area contributed by atoms with Crippen molar-refractivity contribution in [2.75, 3.05) is 18.6 Å². The lowest BCUT2D eigenvalue weighted by Gasteiger charge is -2.45. The van der Waals surface area contributed by atoms with Gasteiger partial charge in [-0.15, -0.1) is 0 Å². The summed E-state index contributed by atoms with van der Waals surface area (Å²) < 4.78 is 5.26. The highest BCUT2D eigenvalue weighted by Crippen LogP contribution is 2.48. The van der Waals surface area contributed by atoms with Gasteiger partial charge in [-0.1, -0.05) is 11.6 Å². The first kappa shape index (κ1) is 20.0. The van der Waals surface area contributed by atoms with E-state index in [0.29, 0.717) is 23.2 Å². The molecular formula is C23H27ClN2O3. The molecule has 1 aliphatic carbocycles. The molecule has 0 spiro atoms. The monoisotopic (exact) mass is 414 g/mol. The van der Waals surface area contributed by atoms with Gasteiger partial charge in [0.25, 0.3) is 0 Å². The fraction of sp³-hybridized carbons (Fsp3) is 0.478. The fourth-order valence-corrected chi connectivity index (χ4v) is 5.46. The van der Waals surface area contributed by atoms with Gasteiger partial charge >= 0.3 is 5.97 Å². The van der Waals surface area contributed by atoms with Crippen molar-refractivity contribution in [3.05, 3.63) is 53.2 Å². The zero-order valence-corrected chi connectivity index (χ0v) is 17.4. The van der Waals surface area contributed by atoms with E-state index in [1.807, 2.05) is 30.3 Å². The molecule has 5 nitrogen and oxygen atoms in total. The third kappa shape index (κ3) is 3.68. The summed E-state index contributed by atoms with van der Waals surface area (Å²) >= 11 is 6.05. The topological polar surface area (TPSA) is 62.7 Å². The average Bonchev–Trinajstić information content (AvgIpc) is 3.21. The first-order valence-corrected chi connectivity index (χ1v) is 10.7. The van der Waals surface area contributed by atoms with E-state index in [0.717, 1.165) is 44.3 Å². The van der Waals surface area contributed by atoms with Crippen LogP contribution in [-0.2, 0) is 4.79 Å². The van der Waals surface area contributed by atoms with Crippen LogP contribution in [0.25, 0.3) is 0 Å². The van der Waals surface area contributed by atoms with Gasteiger partial charge in [0.2, 0.25) is 5.88 Å². The van der Waals surface area contributed by atoms with Crippen molar-refractivity contribution >= 4 is 23.3 Å². The summed E-state index contributed by atoms with van der Waals surface area (Å²) in [6, 6.07) is 11.6. The Morgan fingerprint density at radius 1 is 1.21 bits per heavy atom. The molecule has 0 radical (unpaired) electrons. The number of carboxylic acids is 1. The lowest BCUT2D eigenvalue weighted by Crippen LogP contribution is -2.57. The molecule has 6 heteroatoms. The van der Waals surface area contributed by atoms with Crippen molar-refractivity contribution < 1.29 is 14.6 Å². The first-order valence-electron chi connectivity index (χ1n) is 10.3. The average molecular weight is 415 g/mol. The Morgan fingerprint density at radius 2 is 1.93 bits per heavy atom. The van der Waals surface area contributed by atoms with Crippen LogP contribution in [0.4, 0.5) is 5.69 Å². The summed E-state index contributed by atoms with van der Waals surface area (Å²) in [7, 11) is 1.63. The number of hydrogen-bond donors (Lipinski definition) is 1. The molecule has 1 saturated carbocycles. The molecule has 0 unspecified atom stereocenters. The fourth-order valence-electron chi connectivity index (χ4n) is 5.34. The van der Waals surface area contributed by atoms with E-state index in [2.05, 4.69) is 16.0 Å². The second kappa shape index (κ2) is 8.23. The van der Waals surface area contributed by atoms with Crippen LogP contribution in [-0.4, -0.2) is 35.3 Å². The van der Waals surface area contributed by atoms with Crippen LogP contribution in [0, 0.1) is 5.92 Å². The molecule has 1 aliphatic heterocycles. The lowest BCUT2D eigenvalue weighted by atomic mass is 9.69. The molecule has 2 heterocycles. The number of rotatable bonds is 5. The smallest absolute Gasteiger partial charge is 0.329 e. The van der Waals surface area contributed by atoms with E-state index in [-0.39, 0.29) is 5.92 Å². The predicted molar refractivity (Wildman–Crippen MR) is 114 cm³/mol. The number of halogens is 1. The zero-order chi connectivity index (χ0) is 20.4. The van der Waals surface area contributed by atoms with Gasteiger partial charge in [-0.3, -0.25) is 0 Å². The van der Waals surface area contributed by atoms with E-state index in [9.17, 15) is 9.90 Å². The van der Waals surface area contributed by atoms with Crippen LogP contribution in [0.1, 0.15) is 50.0 Å². The van der Waals surface area contributed by atoms with Crippen LogP contribution in [0.15, 0.2) is 42.6 Å². The van der Waals surface area contributed by atoms with E-state index in [4.69, 9.17) is 16.3 Å². The Labute approximate surface area is 176 Å². The second-order valence-corrected chi connectivity index (χ2v) is 8.58. The Balaban J connectivity index is 1.55. The Morgan fingerprint density at radius 3 is 2.59 bits per heavy atom. The third-order valence-corrected chi connectivity index (χ3v) is 7.02. The molecule has 1 aromatic heterocycles. The van der Waals surface area contributed by atoms with Crippen LogP contribution < -0.4 is 9.64 Å². The number of methoxy groups -OCH3 is 1. The van der Waals surface area contributed by atoms with Crippen molar-refractivity contribution in [3.8, 4) is 5.88 Å². The van der Waals surface area contributed by atoms with Gasteiger partial charge in [-0.25, -0.2) is 9.78 Å². The maximum absolute atomic E-state index is 12.6. The molecule has 29 heavy (non-hydrogen) atoms. The molecule has 1 saturated heterocycles. The van der Waals surface area contributed by atoms with Gasteiger partial charge in [0.15, 0.2) is 0 Å². The number of benzene rings is 1. The van der Waals surface area contributed by atoms with Gasteiger partial charge < -0.3 is 14.7 Å². The Bertz CT molecular complexity index is 865. The predicted octanol–water partition coefficient (Wildman–Crippen LogP) is 5.14. The molecule has 1 N–H and O–H groups in total. The molecule has 0 bridgehead atoms. The minimum Gasteiger partial charge on any atom is -0.481 e. The summed E-state index contributed by atoms with van der Waals surface area (Å²) in [5.41, 5.74) is 1.37. The summed E-state index contributed by atoms with van der Waals surface area (Å²) in [5.74, 6) is 0.507. The van der Waals surface area contributed by atoms with Gasteiger partial charge in [0, 0.05) is 29.5 Å². The van der Waals surface area contributed by atoms with Crippen molar-refractivity contribution in [3.63, 3.8) is 0 Å². The molecule has 0 amide bonds. The summed E-state index contributed by atoms with van der Waals surface area (Å²) in [5, 5.41) is 11.0. The summed E-state index contributed by atoms with van der Waals surface area (Å²) in [4.78, 5) is 18.9. The number of hydrogen-bond acceptors (Lipinski definition) is 4. The summed E-state index contributed by atoms with van der Waals surface area (Å²) in [6.07, 6.45) is 7.18. The highest BCUT2D eigenvalue weighted by atomic mass is 35.5. The highest BCUT2D eigenvalue weighted by molar-refractivity contribution is 6.30. The molecule has 2 fully saturated rings.